The lowest BCUT2D eigenvalue weighted by Crippen LogP contribution is -2.36. The zero-order chi connectivity index (χ0) is 10.8. The maximum atomic E-state index is 6.07. The van der Waals surface area contributed by atoms with E-state index in [4.69, 9.17) is 17.3 Å². The lowest BCUT2D eigenvalue weighted by atomic mass is 9.84. The van der Waals surface area contributed by atoms with Crippen LogP contribution in [-0.4, -0.2) is 11.0 Å². The van der Waals surface area contributed by atoms with E-state index in [1.165, 1.54) is 0 Å². The average molecular weight is 213 g/mol. The summed E-state index contributed by atoms with van der Waals surface area (Å²) in [7, 11) is 0. The summed E-state index contributed by atoms with van der Waals surface area (Å²) in [5.41, 5.74) is 7.25. The van der Waals surface area contributed by atoms with E-state index in [-0.39, 0.29) is 11.5 Å². The molecule has 0 radical (unpaired) electrons. The molecule has 0 aliphatic heterocycles. The first-order valence-corrected chi connectivity index (χ1v) is 5.13. The molecular weight excluding hydrogens is 196 g/mol. The van der Waals surface area contributed by atoms with Crippen LogP contribution in [0.3, 0.4) is 0 Å². The van der Waals surface area contributed by atoms with Gasteiger partial charge in [0.15, 0.2) is 0 Å². The molecule has 0 saturated carbocycles. The zero-order valence-corrected chi connectivity index (χ0v) is 9.67. The number of hydrogen-bond acceptors (Lipinski definition) is 2. The maximum Gasteiger partial charge on any atom is 0.0621 e. The second-order valence-corrected chi connectivity index (χ2v) is 5.05. The molecule has 0 amide bonds. The molecule has 14 heavy (non-hydrogen) atoms. The molecule has 1 aromatic rings. The lowest BCUT2D eigenvalue weighted by Gasteiger charge is -2.27. The molecule has 0 aliphatic rings. The van der Waals surface area contributed by atoms with E-state index >= 15 is 0 Å². The van der Waals surface area contributed by atoms with Crippen LogP contribution in [0.15, 0.2) is 18.5 Å². The number of aromatic nitrogens is 1. The summed E-state index contributed by atoms with van der Waals surface area (Å²) in [6.07, 6.45) is 4.20. The summed E-state index contributed by atoms with van der Waals surface area (Å²) in [6.45, 7) is 6.40. The standard InChI is InChI=1S/C11H17ClN2/c1-11(2,3)10(13)6-8-4-5-14-7-9(8)12/h4-5,7,10H,6,13H2,1-3H3. The van der Waals surface area contributed by atoms with Crippen LogP contribution >= 0.6 is 11.6 Å². The van der Waals surface area contributed by atoms with Gasteiger partial charge in [0.25, 0.3) is 0 Å². The van der Waals surface area contributed by atoms with Gasteiger partial charge in [0.1, 0.15) is 0 Å². The van der Waals surface area contributed by atoms with E-state index in [1.54, 1.807) is 12.4 Å². The molecular formula is C11H17ClN2. The van der Waals surface area contributed by atoms with E-state index in [1.807, 2.05) is 6.07 Å². The highest BCUT2D eigenvalue weighted by molar-refractivity contribution is 6.31. The van der Waals surface area contributed by atoms with E-state index in [0.29, 0.717) is 5.02 Å². The predicted molar refractivity (Wildman–Crippen MR) is 60.4 cm³/mol. The minimum atomic E-state index is 0.104. The number of pyridine rings is 1. The van der Waals surface area contributed by atoms with Crippen molar-refractivity contribution in [1.29, 1.82) is 0 Å². The maximum absolute atomic E-state index is 6.07. The van der Waals surface area contributed by atoms with E-state index in [9.17, 15) is 0 Å². The molecule has 0 saturated heterocycles. The van der Waals surface area contributed by atoms with Gasteiger partial charge in [-0.05, 0) is 23.5 Å². The molecule has 1 aromatic heterocycles. The highest BCUT2D eigenvalue weighted by Gasteiger charge is 2.21. The fraction of sp³-hybridized carbons (Fsp3) is 0.545. The molecule has 0 aromatic carbocycles. The molecule has 0 bridgehead atoms. The Bertz CT molecular complexity index is 304. The summed E-state index contributed by atoms with van der Waals surface area (Å²) < 4.78 is 0. The minimum absolute atomic E-state index is 0.104. The van der Waals surface area contributed by atoms with Gasteiger partial charge in [0.2, 0.25) is 0 Å². The first-order chi connectivity index (χ1) is 6.41. The Morgan fingerprint density at radius 2 is 2.14 bits per heavy atom. The first kappa shape index (κ1) is 11.5. The Labute approximate surface area is 90.5 Å². The minimum Gasteiger partial charge on any atom is -0.327 e. The van der Waals surface area contributed by atoms with Gasteiger partial charge in [-0.15, -0.1) is 0 Å². The van der Waals surface area contributed by atoms with Crippen molar-refractivity contribution in [3.05, 3.63) is 29.0 Å². The van der Waals surface area contributed by atoms with Gasteiger partial charge in [-0.1, -0.05) is 32.4 Å². The molecule has 0 fully saturated rings. The number of rotatable bonds is 2. The van der Waals surface area contributed by atoms with Gasteiger partial charge in [0.05, 0.1) is 5.02 Å². The quantitative estimate of drug-likeness (QED) is 0.819. The predicted octanol–water partition coefficient (Wildman–Crippen LogP) is 2.65. The Morgan fingerprint density at radius 3 is 2.64 bits per heavy atom. The Morgan fingerprint density at radius 1 is 1.50 bits per heavy atom. The fourth-order valence-corrected chi connectivity index (χ4v) is 1.31. The van der Waals surface area contributed by atoms with Gasteiger partial charge < -0.3 is 5.73 Å². The van der Waals surface area contributed by atoms with Crippen molar-refractivity contribution in [2.24, 2.45) is 11.1 Å². The summed E-state index contributed by atoms with van der Waals surface area (Å²) in [5, 5.41) is 0.701. The van der Waals surface area contributed by atoms with Crippen molar-refractivity contribution >= 4 is 11.6 Å². The smallest absolute Gasteiger partial charge is 0.0621 e. The lowest BCUT2D eigenvalue weighted by molar-refractivity contribution is 0.318. The molecule has 2 nitrogen and oxygen atoms in total. The molecule has 78 valence electrons. The Balaban J connectivity index is 2.75. The SMILES string of the molecule is CC(C)(C)C(N)Cc1ccncc1Cl. The summed E-state index contributed by atoms with van der Waals surface area (Å²) >= 11 is 6.00. The summed E-state index contributed by atoms with van der Waals surface area (Å²) in [6, 6.07) is 2.04. The van der Waals surface area contributed by atoms with Crippen LogP contribution < -0.4 is 5.73 Å². The highest BCUT2D eigenvalue weighted by Crippen LogP contribution is 2.23. The number of nitrogens with zero attached hydrogens (tertiary/aromatic N) is 1. The Kier molecular flexibility index (Phi) is 3.51. The molecule has 1 atom stereocenters. The molecule has 2 N–H and O–H groups in total. The second-order valence-electron chi connectivity index (χ2n) is 4.64. The monoisotopic (exact) mass is 212 g/mol. The van der Waals surface area contributed by atoms with Gasteiger partial charge in [-0.3, -0.25) is 4.98 Å². The van der Waals surface area contributed by atoms with Crippen LogP contribution in [0.1, 0.15) is 26.3 Å². The van der Waals surface area contributed by atoms with Gasteiger partial charge in [-0.25, -0.2) is 0 Å². The van der Waals surface area contributed by atoms with Gasteiger partial charge in [-0.2, -0.15) is 0 Å². The Hall–Kier alpha value is -0.600. The highest BCUT2D eigenvalue weighted by atomic mass is 35.5. The number of halogens is 1. The van der Waals surface area contributed by atoms with Crippen LogP contribution in [0.25, 0.3) is 0 Å². The second kappa shape index (κ2) is 4.28. The van der Waals surface area contributed by atoms with Crippen molar-refractivity contribution in [2.45, 2.75) is 33.2 Å². The van der Waals surface area contributed by atoms with Crippen LogP contribution in [0.4, 0.5) is 0 Å². The van der Waals surface area contributed by atoms with Crippen molar-refractivity contribution in [2.75, 3.05) is 0 Å². The van der Waals surface area contributed by atoms with Crippen LogP contribution in [0.2, 0.25) is 5.02 Å². The molecule has 1 unspecified atom stereocenters. The average Bonchev–Trinajstić information content (AvgIpc) is 2.07. The number of hydrogen-bond donors (Lipinski definition) is 1. The zero-order valence-electron chi connectivity index (χ0n) is 8.92. The molecule has 3 heteroatoms. The van der Waals surface area contributed by atoms with Gasteiger partial charge in [0, 0.05) is 18.4 Å². The number of nitrogens with two attached hydrogens (primary N) is 1. The van der Waals surface area contributed by atoms with Crippen LogP contribution in [-0.2, 0) is 6.42 Å². The third-order valence-electron chi connectivity index (χ3n) is 2.41. The van der Waals surface area contributed by atoms with E-state index < -0.39 is 0 Å². The molecule has 0 spiro atoms. The van der Waals surface area contributed by atoms with Crippen molar-refractivity contribution in [3.8, 4) is 0 Å². The topological polar surface area (TPSA) is 38.9 Å². The van der Waals surface area contributed by atoms with E-state index in [2.05, 4.69) is 25.8 Å². The van der Waals surface area contributed by atoms with Crippen molar-refractivity contribution < 1.29 is 0 Å². The third-order valence-corrected chi connectivity index (χ3v) is 2.75. The largest absolute Gasteiger partial charge is 0.327 e. The molecule has 0 aliphatic carbocycles. The third kappa shape index (κ3) is 2.96. The van der Waals surface area contributed by atoms with Crippen LogP contribution in [0, 0.1) is 5.41 Å². The first-order valence-electron chi connectivity index (χ1n) is 4.75. The van der Waals surface area contributed by atoms with Crippen molar-refractivity contribution in [1.82, 2.24) is 4.98 Å². The molecule has 1 heterocycles. The normalized spacial score (nSPS) is 14.1. The fourth-order valence-electron chi connectivity index (χ4n) is 1.11. The van der Waals surface area contributed by atoms with Crippen molar-refractivity contribution in [3.63, 3.8) is 0 Å². The summed E-state index contributed by atoms with van der Waals surface area (Å²) in [5.74, 6) is 0. The molecule has 1 rings (SSSR count). The summed E-state index contributed by atoms with van der Waals surface area (Å²) in [4.78, 5) is 3.94. The van der Waals surface area contributed by atoms with Gasteiger partial charge >= 0.3 is 0 Å². The van der Waals surface area contributed by atoms with Crippen LogP contribution in [0.5, 0.6) is 0 Å². The van der Waals surface area contributed by atoms with E-state index in [0.717, 1.165) is 12.0 Å².